The van der Waals surface area contributed by atoms with Crippen molar-refractivity contribution in [1.29, 1.82) is 0 Å². The van der Waals surface area contributed by atoms with E-state index in [4.69, 9.17) is 11.6 Å². The fourth-order valence-electron chi connectivity index (χ4n) is 5.52. The summed E-state index contributed by atoms with van der Waals surface area (Å²) in [6, 6.07) is 9.65. The first-order valence-electron chi connectivity index (χ1n) is 15.9. The van der Waals surface area contributed by atoms with E-state index in [1.807, 2.05) is 12.1 Å². The smallest absolute Gasteiger partial charge is 0.338 e. The number of nitrogens with one attached hydrogen (secondary N) is 2. The second kappa shape index (κ2) is 16.7. The normalized spacial score (nSPS) is 13.4. The summed E-state index contributed by atoms with van der Waals surface area (Å²) in [4.78, 5) is 40.4. The molecule has 0 saturated heterocycles. The molecule has 1 atom stereocenters. The van der Waals surface area contributed by atoms with Gasteiger partial charge in [-0.15, -0.1) is 0 Å². The molecule has 3 N–H and O–H groups in total. The number of hydrogen-bond acceptors (Lipinski definition) is 6. The average Bonchev–Trinajstić information content (AvgIpc) is 3.69. The number of hydrogen-bond donors (Lipinski definition) is 3. The van der Waals surface area contributed by atoms with Gasteiger partial charge in [-0.25, -0.2) is 22.6 Å². The Kier molecular flexibility index (Phi) is 12.8. The van der Waals surface area contributed by atoms with Gasteiger partial charge in [-0.05, 0) is 42.7 Å². The maximum absolute atomic E-state index is 13.8. The van der Waals surface area contributed by atoms with Crippen LogP contribution in [0.3, 0.4) is 0 Å². The van der Waals surface area contributed by atoms with E-state index in [1.165, 1.54) is 61.6 Å². The van der Waals surface area contributed by atoms with Crippen LogP contribution >= 0.6 is 11.6 Å². The zero-order valence-corrected chi connectivity index (χ0v) is 27.7. The van der Waals surface area contributed by atoms with E-state index in [0.29, 0.717) is 25.1 Å². The van der Waals surface area contributed by atoms with Gasteiger partial charge >= 0.3 is 5.97 Å². The number of benzene rings is 2. The van der Waals surface area contributed by atoms with Crippen LogP contribution < -0.4 is 14.9 Å². The lowest BCUT2D eigenvalue weighted by atomic mass is 10.1. The van der Waals surface area contributed by atoms with Gasteiger partial charge in [0.05, 0.1) is 27.4 Å². The number of carbonyl (C=O) groups is 3. The van der Waals surface area contributed by atoms with Gasteiger partial charge in [-0.1, -0.05) is 94.5 Å². The van der Waals surface area contributed by atoms with E-state index in [2.05, 4.69) is 22.1 Å². The fraction of sp³-hybridized carbons (Fsp3) is 0.455. The fourth-order valence-corrected chi connectivity index (χ4v) is 6.79. The van der Waals surface area contributed by atoms with Crippen LogP contribution in [0.25, 0.3) is 0 Å². The average molecular weight is 672 g/mol. The van der Waals surface area contributed by atoms with Crippen molar-refractivity contribution in [2.24, 2.45) is 0 Å². The Balaban J connectivity index is 1.41. The number of halogens is 1. The molecule has 0 radical (unpaired) electrons. The Morgan fingerprint density at radius 3 is 2.33 bits per heavy atom. The molecular formula is C33H42ClN5O6S. The minimum absolute atomic E-state index is 0.0151. The molecule has 2 heterocycles. The van der Waals surface area contributed by atoms with Crippen molar-refractivity contribution in [3.8, 4) is 0 Å². The van der Waals surface area contributed by atoms with Crippen molar-refractivity contribution in [3.05, 3.63) is 71.0 Å². The lowest BCUT2D eigenvalue weighted by Crippen LogP contribution is -2.42. The van der Waals surface area contributed by atoms with Crippen LogP contribution in [0.4, 0.5) is 11.4 Å². The van der Waals surface area contributed by atoms with E-state index in [1.54, 1.807) is 12.1 Å². The first kappa shape index (κ1) is 35.1. The minimum Gasteiger partial charge on any atom is -0.478 e. The highest BCUT2D eigenvalue weighted by atomic mass is 35.5. The van der Waals surface area contributed by atoms with Gasteiger partial charge in [0.25, 0.3) is 11.8 Å². The number of rotatable bonds is 18. The summed E-state index contributed by atoms with van der Waals surface area (Å²) in [7, 11) is -3.90. The summed E-state index contributed by atoms with van der Waals surface area (Å²) in [5.41, 5.74) is 1.37. The molecule has 2 aromatic carbocycles. The highest BCUT2D eigenvalue weighted by Crippen LogP contribution is 2.31. The molecule has 1 unspecified atom stereocenters. The lowest BCUT2D eigenvalue weighted by Gasteiger charge is -2.24. The highest BCUT2D eigenvalue weighted by molar-refractivity contribution is 7.89. The van der Waals surface area contributed by atoms with Gasteiger partial charge in [0.2, 0.25) is 16.1 Å². The second-order valence-electron chi connectivity index (χ2n) is 11.5. The van der Waals surface area contributed by atoms with Crippen molar-refractivity contribution >= 4 is 50.8 Å². The summed E-state index contributed by atoms with van der Waals surface area (Å²) in [5, 5.41) is 16.0. The molecule has 11 nitrogen and oxygen atoms in total. The largest absolute Gasteiger partial charge is 0.478 e. The third-order valence-electron chi connectivity index (χ3n) is 8.08. The molecule has 0 bridgehead atoms. The zero-order valence-electron chi connectivity index (χ0n) is 26.1. The summed E-state index contributed by atoms with van der Waals surface area (Å²) in [6.07, 6.45) is 14.1. The third-order valence-corrected chi connectivity index (χ3v) is 9.87. The molecule has 1 aliphatic rings. The molecule has 13 heteroatoms. The minimum atomic E-state index is -3.90. The van der Waals surface area contributed by atoms with Gasteiger partial charge < -0.3 is 15.3 Å². The first-order valence-corrected chi connectivity index (χ1v) is 17.8. The molecule has 0 saturated carbocycles. The third kappa shape index (κ3) is 9.17. The summed E-state index contributed by atoms with van der Waals surface area (Å²) in [5.74, 6) is -2.75. The molecule has 4 rings (SSSR count). The number of anilines is 2. The predicted molar refractivity (Wildman–Crippen MR) is 178 cm³/mol. The van der Waals surface area contributed by atoms with Crippen molar-refractivity contribution in [1.82, 2.24) is 14.5 Å². The topological polar surface area (TPSA) is 151 Å². The van der Waals surface area contributed by atoms with Gasteiger partial charge in [0, 0.05) is 25.0 Å². The van der Waals surface area contributed by atoms with Crippen LogP contribution in [-0.4, -0.2) is 54.2 Å². The molecule has 1 aromatic heterocycles. The van der Waals surface area contributed by atoms with E-state index < -0.39 is 33.8 Å². The van der Waals surface area contributed by atoms with Gasteiger partial charge in [0.15, 0.2) is 0 Å². The predicted octanol–water partition coefficient (Wildman–Crippen LogP) is 6.20. The quantitative estimate of drug-likeness (QED) is 0.108. The van der Waals surface area contributed by atoms with E-state index in [9.17, 15) is 27.9 Å². The Bertz CT molecular complexity index is 1630. The van der Waals surface area contributed by atoms with Crippen molar-refractivity contribution in [3.63, 3.8) is 0 Å². The van der Waals surface area contributed by atoms with Crippen LogP contribution in [0, 0.1) is 0 Å². The maximum Gasteiger partial charge on any atom is 0.338 e. The number of fused-ring (bicyclic) bond motifs is 1. The number of carboxylic acids is 1. The molecule has 2 amide bonds. The highest BCUT2D eigenvalue weighted by Gasteiger charge is 2.37. The molecule has 248 valence electrons. The number of carboxylic acid groups (broad SMARTS) is 1. The van der Waals surface area contributed by atoms with E-state index >= 15 is 0 Å². The molecule has 3 aromatic rings. The Morgan fingerprint density at radius 1 is 0.978 bits per heavy atom. The number of nitrogens with zero attached hydrogens (tertiary/aromatic N) is 3. The van der Waals surface area contributed by atoms with Crippen LogP contribution in [0.1, 0.15) is 93.1 Å². The molecule has 1 aliphatic heterocycles. The standard InChI is InChI=1S/C33H42ClN5O6S/c1-2-3-4-5-6-7-8-9-10-13-19-36-46(44,45)26-16-17-27(34)28(21-26)37-31(40)30(39-23-25(22-35-39)33(42)43)32(41)38-20-18-24-14-11-12-15-29(24)38/h11-12,14-17,21-23,30,36H,2-10,13,18-20H2,1H3,(H,37,40)(H,42,43). The molecule has 0 aliphatic carbocycles. The summed E-state index contributed by atoms with van der Waals surface area (Å²) in [6.45, 7) is 2.81. The maximum atomic E-state index is 13.8. The number of sulfonamides is 1. The number of unbranched alkanes of at least 4 members (excludes halogenated alkanes) is 9. The van der Waals surface area contributed by atoms with Crippen LogP contribution in [0.15, 0.2) is 59.8 Å². The van der Waals surface area contributed by atoms with Gasteiger partial charge in [0.1, 0.15) is 0 Å². The van der Waals surface area contributed by atoms with Gasteiger partial charge in [-0.3, -0.25) is 9.59 Å². The molecular weight excluding hydrogens is 630 g/mol. The number of aromatic carboxylic acids is 1. The summed E-state index contributed by atoms with van der Waals surface area (Å²) < 4.78 is 29.7. The summed E-state index contributed by atoms with van der Waals surface area (Å²) >= 11 is 6.36. The van der Waals surface area contributed by atoms with Crippen LogP contribution in [0.2, 0.25) is 5.02 Å². The number of para-hydroxylation sites is 1. The number of aromatic nitrogens is 2. The first-order chi connectivity index (χ1) is 22.1. The number of amides is 2. The SMILES string of the molecule is CCCCCCCCCCCCNS(=O)(=O)c1ccc(Cl)c(NC(=O)C(C(=O)N2CCc3ccccc32)n2cc(C(=O)O)cn2)c1. The molecule has 46 heavy (non-hydrogen) atoms. The monoisotopic (exact) mass is 671 g/mol. The Labute approximate surface area is 275 Å². The lowest BCUT2D eigenvalue weighted by molar-refractivity contribution is -0.130. The molecule has 0 fully saturated rings. The van der Waals surface area contributed by atoms with E-state index in [-0.39, 0.29) is 27.7 Å². The Hall–Kier alpha value is -3.74. The zero-order chi connectivity index (χ0) is 33.1. The molecule has 0 spiro atoms. The van der Waals surface area contributed by atoms with Gasteiger partial charge in [-0.2, -0.15) is 5.10 Å². The van der Waals surface area contributed by atoms with Crippen molar-refractivity contribution < 1.29 is 27.9 Å². The number of carbonyl (C=O) groups excluding carboxylic acids is 2. The van der Waals surface area contributed by atoms with Crippen molar-refractivity contribution in [2.75, 3.05) is 23.3 Å². The van der Waals surface area contributed by atoms with Crippen molar-refractivity contribution in [2.45, 2.75) is 88.5 Å². The van der Waals surface area contributed by atoms with Crippen LogP contribution in [0.5, 0.6) is 0 Å². The Morgan fingerprint density at radius 2 is 1.65 bits per heavy atom. The second-order valence-corrected chi connectivity index (χ2v) is 13.7. The van der Waals surface area contributed by atoms with E-state index in [0.717, 1.165) is 41.9 Å². The van der Waals surface area contributed by atoms with Crippen LogP contribution in [-0.2, 0) is 26.0 Å².